The van der Waals surface area contributed by atoms with Gasteiger partial charge in [0.1, 0.15) is 6.33 Å². The van der Waals surface area contributed by atoms with Crippen LogP contribution in [0.25, 0.3) is 5.65 Å². The molecular formula is C14H14N6. The predicted molar refractivity (Wildman–Crippen MR) is 77.8 cm³/mol. The molecule has 0 fully saturated rings. The molecule has 0 bridgehead atoms. The first-order chi connectivity index (χ1) is 9.72. The van der Waals surface area contributed by atoms with Crippen molar-refractivity contribution in [2.75, 3.05) is 5.43 Å². The van der Waals surface area contributed by atoms with E-state index in [-0.39, 0.29) is 0 Å². The Kier molecular flexibility index (Phi) is 3.12. The van der Waals surface area contributed by atoms with Gasteiger partial charge in [0.15, 0.2) is 11.5 Å². The molecule has 0 spiro atoms. The number of aryl methyl sites for hydroxylation is 1. The van der Waals surface area contributed by atoms with E-state index in [4.69, 9.17) is 0 Å². The van der Waals surface area contributed by atoms with Crippen molar-refractivity contribution >= 4 is 17.2 Å². The van der Waals surface area contributed by atoms with Crippen LogP contribution in [0.5, 0.6) is 0 Å². The van der Waals surface area contributed by atoms with Crippen molar-refractivity contribution in [1.82, 2.24) is 19.8 Å². The van der Waals surface area contributed by atoms with Crippen LogP contribution in [0, 0.1) is 6.92 Å². The topological polar surface area (TPSA) is 67.5 Å². The second-order valence-electron chi connectivity index (χ2n) is 4.53. The smallest absolute Gasteiger partial charge is 0.177 e. The van der Waals surface area contributed by atoms with Gasteiger partial charge in [-0.25, -0.2) is 0 Å². The zero-order valence-electron chi connectivity index (χ0n) is 11.3. The standard InChI is InChI=1S/C14H14N6/c1-10-3-5-12(6-4-10)11(2)16-17-13-7-8-14-18-15-9-20(14)19-13/h3-9H,1-2H3,(H,17,19)/b16-11-. The highest BCUT2D eigenvalue weighted by Gasteiger charge is 2.00. The Bertz CT molecular complexity index is 757. The van der Waals surface area contributed by atoms with Crippen LogP contribution in [0.2, 0.25) is 0 Å². The Hall–Kier alpha value is -2.76. The van der Waals surface area contributed by atoms with Gasteiger partial charge >= 0.3 is 0 Å². The highest BCUT2D eigenvalue weighted by Crippen LogP contribution is 2.07. The van der Waals surface area contributed by atoms with Crippen LogP contribution in [0.4, 0.5) is 5.82 Å². The molecule has 20 heavy (non-hydrogen) atoms. The maximum Gasteiger partial charge on any atom is 0.177 e. The zero-order chi connectivity index (χ0) is 13.9. The van der Waals surface area contributed by atoms with Gasteiger partial charge in [-0.15, -0.1) is 15.3 Å². The lowest BCUT2D eigenvalue weighted by Crippen LogP contribution is -2.02. The van der Waals surface area contributed by atoms with Crippen molar-refractivity contribution in [2.24, 2.45) is 5.10 Å². The van der Waals surface area contributed by atoms with Gasteiger partial charge < -0.3 is 0 Å². The minimum Gasteiger partial charge on any atom is -0.260 e. The fraction of sp³-hybridized carbons (Fsp3) is 0.143. The van der Waals surface area contributed by atoms with Crippen molar-refractivity contribution in [3.63, 3.8) is 0 Å². The number of hydrogen-bond acceptors (Lipinski definition) is 5. The first-order valence-electron chi connectivity index (χ1n) is 6.27. The van der Waals surface area contributed by atoms with Crippen LogP contribution >= 0.6 is 0 Å². The molecule has 1 aromatic carbocycles. The molecule has 0 amide bonds. The largest absolute Gasteiger partial charge is 0.260 e. The summed E-state index contributed by atoms with van der Waals surface area (Å²) in [6.45, 7) is 4.02. The number of nitrogens with one attached hydrogen (secondary N) is 1. The van der Waals surface area contributed by atoms with E-state index in [2.05, 4.69) is 44.9 Å². The van der Waals surface area contributed by atoms with E-state index in [1.807, 2.05) is 31.2 Å². The summed E-state index contributed by atoms with van der Waals surface area (Å²) in [5.74, 6) is 0.642. The minimum absolute atomic E-state index is 0.642. The Morgan fingerprint density at radius 3 is 2.75 bits per heavy atom. The summed E-state index contributed by atoms with van der Waals surface area (Å²) in [4.78, 5) is 0. The van der Waals surface area contributed by atoms with Crippen LogP contribution < -0.4 is 5.43 Å². The lowest BCUT2D eigenvalue weighted by molar-refractivity contribution is 0.924. The van der Waals surface area contributed by atoms with Crippen LogP contribution in [-0.2, 0) is 0 Å². The summed E-state index contributed by atoms with van der Waals surface area (Å²) < 4.78 is 1.60. The Morgan fingerprint density at radius 1 is 1.15 bits per heavy atom. The van der Waals surface area contributed by atoms with Crippen LogP contribution in [-0.4, -0.2) is 25.5 Å². The van der Waals surface area contributed by atoms with E-state index in [9.17, 15) is 0 Å². The van der Waals surface area contributed by atoms with Gasteiger partial charge in [-0.2, -0.15) is 9.62 Å². The molecule has 2 heterocycles. The van der Waals surface area contributed by atoms with Crippen molar-refractivity contribution < 1.29 is 0 Å². The monoisotopic (exact) mass is 266 g/mol. The van der Waals surface area contributed by atoms with Gasteiger partial charge in [0.2, 0.25) is 0 Å². The molecule has 0 aliphatic carbocycles. The molecule has 2 aromatic heterocycles. The summed E-state index contributed by atoms with van der Waals surface area (Å²) in [6, 6.07) is 11.9. The molecule has 100 valence electrons. The number of hydrazone groups is 1. The van der Waals surface area contributed by atoms with E-state index < -0.39 is 0 Å². The third kappa shape index (κ3) is 2.49. The SMILES string of the molecule is C/C(=N/Nc1ccc2nncn2n1)c1ccc(C)cc1. The number of benzene rings is 1. The molecule has 0 saturated heterocycles. The van der Waals surface area contributed by atoms with Crippen LogP contribution in [0.1, 0.15) is 18.1 Å². The molecule has 6 nitrogen and oxygen atoms in total. The number of hydrogen-bond donors (Lipinski definition) is 1. The first-order valence-corrected chi connectivity index (χ1v) is 6.27. The summed E-state index contributed by atoms with van der Waals surface area (Å²) >= 11 is 0. The molecule has 0 aliphatic rings. The fourth-order valence-electron chi connectivity index (χ4n) is 1.79. The van der Waals surface area contributed by atoms with Gasteiger partial charge in [0.05, 0.1) is 5.71 Å². The normalized spacial score (nSPS) is 11.8. The average Bonchev–Trinajstić information content (AvgIpc) is 2.93. The summed E-state index contributed by atoms with van der Waals surface area (Å²) in [5, 5.41) is 16.3. The maximum atomic E-state index is 4.34. The number of nitrogens with zero attached hydrogens (tertiary/aromatic N) is 5. The molecule has 0 radical (unpaired) electrons. The minimum atomic E-state index is 0.642. The van der Waals surface area contributed by atoms with Gasteiger partial charge in [-0.3, -0.25) is 5.43 Å². The average molecular weight is 266 g/mol. The Balaban J connectivity index is 1.80. The molecule has 0 aliphatic heterocycles. The van der Waals surface area contributed by atoms with E-state index in [0.717, 1.165) is 11.3 Å². The zero-order valence-corrected chi connectivity index (χ0v) is 11.3. The third-order valence-electron chi connectivity index (χ3n) is 2.97. The summed E-state index contributed by atoms with van der Waals surface area (Å²) in [7, 11) is 0. The number of fused-ring (bicyclic) bond motifs is 1. The number of aromatic nitrogens is 4. The van der Waals surface area contributed by atoms with Crippen molar-refractivity contribution in [3.05, 3.63) is 53.9 Å². The van der Waals surface area contributed by atoms with Gasteiger partial charge in [0, 0.05) is 0 Å². The predicted octanol–water partition coefficient (Wildman–Crippen LogP) is 2.27. The number of anilines is 1. The van der Waals surface area contributed by atoms with E-state index >= 15 is 0 Å². The van der Waals surface area contributed by atoms with Crippen molar-refractivity contribution in [3.8, 4) is 0 Å². The van der Waals surface area contributed by atoms with Gasteiger partial charge in [0.25, 0.3) is 0 Å². The van der Waals surface area contributed by atoms with Gasteiger partial charge in [-0.1, -0.05) is 29.8 Å². The Labute approximate surface area is 116 Å². The van der Waals surface area contributed by atoms with Crippen LogP contribution in [0.15, 0.2) is 47.8 Å². The van der Waals surface area contributed by atoms with Gasteiger partial charge in [-0.05, 0) is 31.5 Å². The highest BCUT2D eigenvalue weighted by molar-refractivity contribution is 5.99. The molecule has 1 N–H and O–H groups in total. The molecule has 0 atom stereocenters. The maximum absolute atomic E-state index is 4.34. The molecule has 3 aromatic rings. The Morgan fingerprint density at radius 2 is 1.95 bits per heavy atom. The second-order valence-corrected chi connectivity index (χ2v) is 4.53. The summed E-state index contributed by atoms with van der Waals surface area (Å²) in [6.07, 6.45) is 1.55. The quantitative estimate of drug-likeness (QED) is 0.583. The number of rotatable bonds is 3. The summed E-state index contributed by atoms with van der Waals surface area (Å²) in [5.41, 5.74) is 6.85. The molecule has 0 unspecified atom stereocenters. The third-order valence-corrected chi connectivity index (χ3v) is 2.97. The lowest BCUT2D eigenvalue weighted by Gasteiger charge is -2.03. The fourth-order valence-corrected chi connectivity index (χ4v) is 1.79. The van der Waals surface area contributed by atoms with Crippen molar-refractivity contribution in [1.29, 1.82) is 0 Å². The molecule has 6 heteroatoms. The van der Waals surface area contributed by atoms with E-state index in [0.29, 0.717) is 11.5 Å². The molecule has 0 saturated carbocycles. The van der Waals surface area contributed by atoms with Crippen LogP contribution in [0.3, 0.4) is 0 Å². The highest BCUT2D eigenvalue weighted by atomic mass is 15.4. The van der Waals surface area contributed by atoms with Crippen molar-refractivity contribution in [2.45, 2.75) is 13.8 Å². The molecule has 3 rings (SSSR count). The van der Waals surface area contributed by atoms with E-state index in [1.54, 1.807) is 10.8 Å². The second kappa shape index (κ2) is 5.08. The lowest BCUT2D eigenvalue weighted by atomic mass is 10.1. The first kappa shape index (κ1) is 12.3. The molecular weight excluding hydrogens is 252 g/mol. The van der Waals surface area contributed by atoms with E-state index in [1.165, 1.54) is 5.56 Å².